The predicted molar refractivity (Wildman–Crippen MR) is 96.4 cm³/mol. The molecular formula is C20H21BrO2. The van der Waals surface area contributed by atoms with Crippen LogP contribution in [-0.2, 0) is 4.79 Å². The van der Waals surface area contributed by atoms with Crippen molar-refractivity contribution in [2.75, 3.05) is 0 Å². The molecule has 0 spiro atoms. The van der Waals surface area contributed by atoms with Gasteiger partial charge < -0.3 is 4.74 Å². The van der Waals surface area contributed by atoms with Gasteiger partial charge in [0, 0.05) is 15.6 Å². The number of carbonyl (C=O) groups is 1. The first-order valence-electron chi connectivity index (χ1n) is 7.93. The van der Waals surface area contributed by atoms with Crippen molar-refractivity contribution in [3.63, 3.8) is 0 Å². The molecule has 2 aromatic carbocycles. The number of halogens is 1. The highest BCUT2D eigenvalue weighted by molar-refractivity contribution is 9.10. The van der Waals surface area contributed by atoms with Crippen LogP contribution in [0.3, 0.4) is 0 Å². The molecule has 0 N–H and O–H groups in total. The monoisotopic (exact) mass is 372 g/mol. The second-order valence-corrected chi connectivity index (χ2v) is 7.40. The summed E-state index contributed by atoms with van der Waals surface area (Å²) in [7, 11) is 0. The molecule has 0 aliphatic carbocycles. The molecule has 0 fully saturated rings. The van der Waals surface area contributed by atoms with Crippen LogP contribution in [0.5, 0.6) is 5.75 Å². The fraction of sp³-hybridized carbons (Fsp3) is 0.350. The van der Waals surface area contributed by atoms with Crippen molar-refractivity contribution < 1.29 is 9.53 Å². The smallest absolute Gasteiger partial charge is 0.323 e. The summed E-state index contributed by atoms with van der Waals surface area (Å²) in [4.78, 5) is 12.5. The van der Waals surface area contributed by atoms with Gasteiger partial charge in [0.05, 0.1) is 0 Å². The number of hydrogen-bond acceptors (Lipinski definition) is 2. The van der Waals surface area contributed by atoms with Gasteiger partial charge in [-0.25, -0.2) is 0 Å². The number of ether oxygens (including phenoxy) is 1. The highest BCUT2D eigenvalue weighted by atomic mass is 79.9. The van der Waals surface area contributed by atoms with Crippen LogP contribution in [0.2, 0.25) is 0 Å². The zero-order valence-electron chi connectivity index (χ0n) is 14.2. The van der Waals surface area contributed by atoms with Gasteiger partial charge in [0.15, 0.2) is 0 Å². The van der Waals surface area contributed by atoms with Crippen LogP contribution in [-0.4, -0.2) is 5.97 Å². The third-order valence-electron chi connectivity index (χ3n) is 4.87. The predicted octanol–water partition coefficient (Wildman–Crippen LogP) is 5.55. The van der Waals surface area contributed by atoms with Crippen molar-refractivity contribution in [2.24, 2.45) is 0 Å². The maximum atomic E-state index is 12.5. The topological polar surface area (TPSA) is 26.3 Å². The van der Waals surface area contributed by atoms with Crippen molar-refractivity contribution in [1.29, 1.82) is 0 Å². The Bertz CT molecular complexity index is 789. The summed E-state index contributed by atoms with van der Waals surface area (Å²) >= 11 is 3.61. The number of carbonyl (C=O) groups excluding carboxylic acids is 1. The lowest BCUT2D eigenvalue weighted by Crippen LogP contribution is -2.12. The lowest BCUT2D eigenvalue weighted by atomic mass is 9.86. The van der Waals surface area contributed by atoms with E-state index in [9.17, 15) is 4.79 Å². The van der Waals surface area contributed by atoms with E-state index in [-0.39, 0.29) is 11.9 Å². The molecule has 23 heavy (non-hydrogen) atoms. The quantitative estimate of drug-likeness (QED) is 0.510. The zero-order chi connectivity index (χ0) is 16.9. The largest absolute Gasteiger partial charge is 0.425 e. The molecular weight excluding hydrogens is 352 g/mol. The molecule has 1 atom stereocenters. The van der Waals surface area contributed by atoms with E-state index in [4.69, 9.17) is 4.74 Å². The molecule has 1 aliphatic heterocycles. The van der Waals surface area contributed by atoms with Crippen molar-refractivity contribution in [3.8, 4) is 5.75 Å². The Morgan fingerprint density at radius 2 is 1.61 bits per heavy atom. The van der Waals surface area contributed by atoms with Crippen LogP contribution in [0, 0.1) is 20.8 Å². The number of benzene rings is 2. The Labute approximate surface area is 146 Å². The van der Waals surface area contributed by atoms with E-state index in [1.54, 1.807) is 0 Å². The molecule has 0 aromatic heterocycles. The summed E-state index contributed by atoms with van der Waals surface area (Å²) in [5.41, 5.74) is 6.59. The molecule has 1 unspecified atom stereocenters. The first-order valence-corrected chi connectivity index (χ1v) is 8.73. The van der Waals surface area contributed by atoms with E-state index in [1.807, 2.05) is 6.92 Å². The second kappa shape index (κ2) is 5.79. The molecule has 0 bridgehead atoms. The van der Waals surface area contributed by atoms with Gasteiger partial charge in [-0.1, -0.05) is 54.0 Å². The summed E-state index contributed by atoms with van der Waals surface area (Å²) in [6.07, 6.45) is 0. The van der Waals surface area contributed by atoms with Gasteiger partial charge in [-0.15, -0.1) is 0 Å². The van der Waals surface area contributed by atoms with Gasteiger partial charge in [0.2, 0.25) is 0 Å². The SMILES string of the molecule is Cc1c(C)c2c(c(C)c1Br)OC(=O)C2c1ccc(C(C)C)cc1. The van der Waals surface area contributed by atoms with E-state index in [0.717, 1.165) is 32.5 Å². The van der Waals surface area contributed by atoms with Gasteiger partial charge >= 0.3 is 5.97 Å². The minimum Gasteiger partial charge on any atom is -0.425 e. The van der Waals surface area contributed by atoms with Crippen LogP contribution < -0.4 is 4.74 Å². The molecule has 120 valence electrons. The third-order valence-corrected chi connectivity index (χ3v) is 6.06. The van der Waals surface area contributed by atoms with E-state index >= 15 is 0 Å². The summed E-state index contributed by atoms with van der Waals surface area (Å²) in [5, 5.41) is 0. The van der Waals surface area contributed by atoms with Crippen LogP contribution in [0.25, 0.3) is 0 Å². The van der Waals surface area contributed by atoms with E-state index < -0.39 is 0 Å². The summed E-state index contributed by atoms with van der Waals surface area (Å²) in [6, 6.07) is 8.34. The lowest BCUT2D eigenvalue weighted by Gasteiger charge is -2.16. The Hall–Kier alpha value is -1.61. The minimum absolute atomic E-state index is 0.180. The molecule has 1 heterocycles. The summed E-state index contributed by atoms with van der Waals surface area (Å²) in [5.74, 6) is 0.703. The van der Waals surface area contributed by atoms with Gasteiger partial charge in [-0.2, -0.15) is 0 Å². The molecule has 3 rings (SSSR count). The first kappa shape index (κ1) is 16.3. The van der Waals surface area contributed by atoms with Gasteiger partial charge in [-0.05, 0) is 48.9 Å². The second-order valence-electron chi connectivity index (χ2n) is 6.61. The van der Waals surface area contributed by atoms with Crippen LogP contribution in [0.15, 0.2) is 28.7 Å². The molecule has 2 aromatic rings. The molecule has 1 aliphatic rings. The lowest BCUT2D eigenvalue weighted by molar-refractivity contribution is -0.133. The highest BCUT2D eigenvalue weighted by Crippen LogP contribution is 2.47. The Balaban J connectivity index is 2.16. The van der Waals surface area contributed by atoms with Crippen molar-refractivity contribution in [2.45, 2.75) is 46.5 Å². The number of hydrogen-bond donors (Lipinski definition) is 0. The molecule has 0 radical (unpaired) electrons. The van der Waals surface area contributed by atoms with E-state index in [0.29, 0.717) is 5.92 Å². The average Bonchev–Trinajstić information content (AvgIpc) is 2.88. The van der Waals surface area contributed by atoms with Crippen LogP contribution in [0.4, 0.5) is 0 Å². The van der Waals surface area contributed by atoms with Gasteiger partial charge in [0.1, 0.15) is 11.7 Å². The first-order chi connectivity index (χ1) is 10.8. The molecule has 2 nitrogen and oxygen atoms in total. The maximum Gasteiger partial charge on any atom is 0.323 e. The fourth-order valence-corrected chi connectivity index (χ4v) is 3.73. The van der Waals surface area contributed by atoms with Gasteiger partial charge in [-0.3, -0.25) is 4.79 Å². The molecule has 3 heteroatoms. The Kier molecular flexibility index (Phi) is 4.09. The van der Waals surface area contributed by atoms with Crippen molar-refractivity contribution in [3.05, 3.63) is 62.1 Å². The summed E-state index contributed by atoms with van der Waals surface area (Å²) < 4.78 is 6.66. The standard InChI is InChI=1S/C20H21BrO2/c1-10(2)14-6-8-15(9-7-14)17-16-11(3)12(4)18(21)13(5)19(16)23-20(17)22/h6-10,17H,1-5H3. The number of esters is 1. The average molecular weight is 373 g/mol. The van der Waals surface area contributed by atoms with Crippen molar-refractivity contribution >= 4 is 21.9 Å². The Morgan fingerprint density at radius 3 is 2.17 bits per heavy atom. The van der Waals surface area contributed by atoms with E-state index in [2.05, 4.69) is 67.9 Å². The summed E-state index contributed by atoms with van der Waals surface area (Å²) in [6.45, 7) is 10.5. The number of rotatable bonds is 2. The highest BCUT2D eigenvalue weighted by Gasteiger charge is 2.38. The van der Waals surface area contributed by atoms with Crippen LogP contribution >= 0.6 is 15.9 Å². The fourth-order valence-electron chi connectivity index (χ4n) is 3.25. The third kappa shape index (κ3) is 2.51. The molecule has 0 amide bonds. The van der Waals surface area contributed by atoms with Gasteiger partial charge in [0.25, 0.3) is 0 Å². The molecule has 0 saturated carbocycles. The van der Waals surface area contributed by atoms with Crippen LogP contribution in [0.1, 0.15) is 59.1 Å². The zero-order valence-corrected chi connectivity index (χ0v) is 15.7. The Morgan fingerprint density at radius 1 is 1.00 bits per heavy atom. The van der Waals surface area contributed by atoms with Crippen molar-refractivity contribution in [1.82, 2.24) is 0 Å². The number of fused-ring (bicyclic) bond motifs is 1. The molecule has 0 saturated heterocycles. The maximum absolute atomic E-state index is 12.5. The minimum atomic E-state index is -0.322. The van der Waals surface area contributed by atoms with E-state index in [1.165, 1.54) is 11.1 Å². The normalized spacial score (nSPS) is 16.7.